The maximum Gasteiger partial charge on any atom is 0.406 e. The van der Waals surface area contributed by atoms with Crippen LogP contribution >= 0.6 is 0 Å². The number of non-ortho nitro benzene ring substituents is 1. The molecule has 1 heterocycles. The smallest absolute Gasteiger partial charge is 0.338 e. The molecule has 0 atom stereocenters. The Morgan fingerprint density at radius 2 is 2.00 bits per heavy atom. The molecule has 0 N–H and O–H groups in total. The largest absolute Gasteiger partial charge is 0.406 e. The van der Waals surface area contributed by atoms with Crippen LogP contribution < -0.4 is 0 Å². The Morgan fingerprint density at radius 1 is 1.29 bits per heavy atom. The van der Waals surface area contributed by atoms with Gasteiger partial charge in [0, 0.05) is 12.3 Å². The number of aromatic nitrogens is 1. The van der Waals surface area contributed by atoms with Crippen LogP contribution in [0.4, 0.5) is 18.9 Å². The number of hydrogen-bond donors (Lipinski definition) is 0. The molecule has 17 heavy (non-hydrogen) atoms. The van der Waals surface area contributed by atoms with Crippen molar-refractivity contribution in [3.63, 3.8) is 0 Å². The van der Waals surface area contributed by atoms with Crippen LogP contribution in [0, 0.1) is 10.1 Å². The van der Waals surface area contributed by atoms with Crippen LogP contribution in [0.25, 0.3) is 10.9 Å². The van der Waals surface area contributed by atoms with Crippen LogP contribution in [0.3, 0.4) is 0 Å². The second kappa shape index (κ2) is 3.76. The number of nitro groups is 1. The van der Waals surface area contributed by atoms with E-state index >= 15 is 0 Å². The summed E-state index contributed by atoms with van der Waals surface area (Å²) >= 11 is 0. The number of hydrogen-bond acceptors (Lipinski definition) is 2. The number of nitro benzene ring substituents is 1. The van der Waals surface area contributed by atoms with Gasteiger partial charge >= 0.3 is 6.18 Å². The molecule has 0 radical (unpaired) electrons. The first-order valence-electron chi connectivity index (χ1n) is 4.67. The van der Waals surface area contributed by atoms with E-state index in [2.05, 4.69) is 0 Å². The summed E-state index contributed by atoms with van der Waals surface area (Å²) in [7, 11) is 0. The van der Waals surface area contributed by atoms with E-state index in [0.717, 1.165) is 4.57 Å². The number of rotatable bonds is 2. The minimum atomic E-state index is -4.35. The molecule has 1 aromatic heterocycles. The zero-order valence-corrected chi connectivity index (χ0v) is 8.44. The fourth-order valence-corrected chi connectivity index (χ4v) is 1.70. The minimum Gasteiger partial charge on any atom is -0.338 e. The summed E-state index contributed by atoms with van der Waals surface area (Å²) in [6.45, 7) is -1.16. The molecule has 0 spiro atoms. The maximum absolute atomic E-state index is 12.3. The summed E-state index contributed by atoms with van der Waals surface area (Å²) in [5.74, 6) is 0. The van der Waals surface area contributed by atoms with E-state index in [4.69, 9.17) is 0 Å². The molecule has 0 amide bonds. The zero-order chi connectivity index (χ0) is 12.6. The lowest BCUT2D eigenvalue weighted by Crippen LogP contribution is -2.16. The van der Waals surface area contributed by atoms with Crippen LogP contribution in [-0.4, -0.2) is 15.7 Å². The Balaban J connectivity index is 2.55. The van der Waals surface area contributed by atoms with Crippen LogP contribution in [0.1, 0.15) is 0 Å². The Bertz CT molecular complexity index is 574. The van der Waals surface area contributed by atoms with Crippen molar-refractivity contribution < 1.29 is 18.1 Å². The third-order valence-electron chi connectivity index (χ3n) is 2.34. The first-order valence-corrected chi connectivity index (χ1v) is 4.67. The molecule has 4 nitrogen and oxygen atoms in total. The first kappa shape index (κ1) is 11.4. The van der Waals surface area contributed by atoms with Gasteiger partial charge in [-0.2, -0.15) is 13.2 Å². The van der Waals surface area contributed by atoms with E-state index < -0.39 is 17.6 Å². The van der Waals surface area contributed by atoms with E-state index in [1.165, 1.54) is 30.5 Å². The lowest BCUT2D eigenvalue weighted by molar-refractivity contribution is -0.383. The topological polar surface area (TPSA) is 48.1 Å². The molecule has 0 bridgehead atoms. The molecular formula is C10H7F3N2O2. The number of alkyl halides is 3. The SMILES string of the molecule is O=[N+]([O-])c1cccc2c1ccn2CC(F)(F)F. The van der Waals surface area contributed by atoms with Gasteiger partial charge in [0.05, 0.1) is 15.8 Å². The van der Waals surface area contributed by atoms with Crippen LogP contribution in [0.2, 0.25) is 0 Å². The molecule has 0 aliphatic rings. The van der Waals surface area contributed by atoms with Crippen LogP contribution in [0.15, 0.2) is 30.5 Å². The first-order chi connectivity index (χ1) is 7.88. The summed E-state index contributed by atoms with van der Waals surface area (Å²) < 4.78 is 37.7. The van der Waals surface area contributed by atoms with Crippen LogP contribution in [-0.2, 0) is 6.54 Å². The van der Waals surface area contributed by atoms with E-state index in [1.807, 2.05) is 0 Å². The molecule has 0 fully saturated rings. The summed E-state index contributed by atoms with van der Waals surface area (Å²) in [5.41, 5.74) is 0.0138. The van der Waals surface area contributed by atoms with Gasteiger partial charge in [0.15, 0.2) is 0 Å². The number of nitrogens with zero attached hydrogens (tertiary/aromatic N) is 2. The molecule has 7 heteroatoms. The normalized spacial score (nSPS) is 11.9. The van der Waals surface area contributed by atoms with Gasteiger partial charge < -0.3 is 4.57 Å². The molecule has 0 saturated heterocycles. The van der Waals surface area contributed by atoms with Crippen molar-refractivity contribution in [3.8, 4) is 0 Å². The Labute approximate surface area is 93.4 Å². The highest BCUT2D eigenvalue weighted by molar-refractivity contribution is 5.89. The lowest BCUT2D eigenvalue weighted by Gasteiger charge is -2.08. The van der Waals surface area contributed by atoms with Crippen molar-refractivity contribution in [2.45, 2.75) is 12.7 Å². The molecule has 0 aliphatic carbocycles. The van der Waals surface area contributed by atoms with Crippen molar-refractivity contribution in [1.29, 1.82) is 0 Å². The zero-order valence-electron chi connectivity index (χ0n) is 8.44. The third-order valence-corrected chi connectivity index (χ3v) is 2.34. The third kappa shape index (κ3) is 2.22. The van der Waals surface area contributed by atoms with Gasteiger partial charge in [-0.3, -0.25) is 10.1 Å². The van der Waals surface area contributed by atoms with Crippen molar-refractivity contribution in [2.24, 2.45) is 0 Å². The quantitative estimate of drug-likeness (QED) is 0.602. The fourth-order valence-electron chi connectivity index (χ4n) is 1.70. The second-order valence-corrected chi connectivity index (χ2v) is 3.53. The number of fused-ring (bicyclic) bond motifs is 1. The molecule has 90 valence electrons. The standard InChI is InChI=1S/C10H7F3N2O2/c11-10(12,13)6-14-5-4-7-8(14)2-1-3-9(7)15(16)17/h1-5H,6H2. The van der Waals surface area contributed by atoms with E-state index in [1.54, 1.807) is 0 Å². The molecule has 0 aliphatic heterocycles. The van der Waals surface area contributed by atoms with Gasteiger partial charge in [0.25, 0.3) is 5.69 Å². The molecule has 2 aromatic rings. The fraction of sp³-hybridized carbons (Fsp3) is 0.200. The predicted molar refractivity (Wildman–Crippen MR) is 54.6 cm³/mol. The van der Waals surface area contributed by atoms with Gasteiger partial charge in [-0.25, -0.2) is 0 Å². The Morgan fingerprint density at radius 3 is 2.59 bits per heavy atom. The van der Waals surface area contributed by atoms with Crippen LogP contribution in [0.5, 0.6) is 0 Å². The van der Waals surface area contributed by atoms with Crippen molar-refractivity contribution in [1.82, 2.24) is 4.57 Å². The van der Waals surface area contributed by atoms with Crippen molar-refractivity contribution in [2.75, 3.05) is 0 Å². The second-order valence-electron chi connectivity index (χ2n) is 3.53. The predicted octanol–water partition coefficient (Wildman–Crippen LogP) is 3.11. The lowest BCUT2D eigenvalue weighted by atomic mass is 10.2. The summed E-state index contributed by atoms with van der Waals surface area (Å²) in [6.07, 6.45) is -3.15. The highest BCUT2D eigenvalue weighted by Gasteiger charge is 2.28. The summed E-state index contributed by atoms with van der Waals surface area (Å²) in [5, 5.41) is 10.9. The number of benzene rings is 1. The maximum atomic E-state index is 12.3. The van der Waals surface area contributed by atoms with Crippen molar-refractivity contribution in [3.05, 3.63) is 40.6 Å². The van der Waals surface area contributed by atoms with Gasteiger partial charge in [0.2, 0.25) is 0 Å². The monoisotopic (exact) mass is 244 g/mol. The Kier molecular flexibility index (Phi) is 2.53. The molecule has 2 rings (SSSR count). The van der Waals surface area contributed by atoms with Gasteiger partial charge in [0.1, 0.15) is 6.54 Å². The van der Waals surface area contributed by atoms with E-state index in [0.29, 0.717) is 0 Å². The van der Waals surface area contributed by atoms with Gasteiger partial charge in [-0.15, -0.1) is 0 Å². The van der Waals surface area contributed by atoms with E-state index in [9.17, 15) is 23.3 Å². The highest BCUT2D eigenvalue weighted by atomic mass is 19.4. The van der Waals surface area contributed by atoms with Gasteiger partial charge in [-0.05, 0) is 12.1 Å². The molecule has 0 saturated carbocycles. The summed E-state index contributed by atoms with van der Waals surface area (Å²) in [4.78, 5) is 10.1. The van der Waals surface area contributed by atoms with E-state index in [-0.39, 0.29) is 16.6 Å². The summed E-state index contributed by atoms with van der Waals surface area (Å²) in [6, 6.07) is 5.38. The molecule has 0 unspecified atom stereocenters. The Hall–Kier alpha value is -2.05. The van der Waals surface area contributed by atoms with Gasteiger partial charge in [-0.1, -0.05) is 6.07 Å². The average molecular weight is 244 g/mol. The minimum absolute atomic E-state index is 0.191. The number of halogens is 3. The molecule has 1 aromatic carbocycles. The average Bonchev–Trinajstić information content (AvgIpc) is 2.59. The molecular weight excluding hydrogens is 237 g/mol. The highest BCUT2D eigenvalue weighted by Crippen LogP contribution is 2.28. The van der Waals surface area contributed by atoms with Crippen molar-refractivity contribution >= 4 is 16.6 Å².